The number of nitrogens with one attached hydrogen (secondary N) is 1. The number of thiophene rings is 1. The van der Waals surface area contributed by atoms with E-state index in [1.165, 1.54) is 10.4 Å². The van der Waals surface area contributed by atoms with Gasteiger partial charge in [0, 0.05) is 23.4 Å². The zero-order valence-electron chi connectivity index (χ0n) is 10.7. The molecule has 2 nitrogen and oxygen atoms in total. The first-order valence-corrected chi connectivity index (χ1v) is 6.79. The van der Waals surface area contributed by atoms with Crippen LogP contribution in [0.15, 0.2) is 11.4 Å². The predicted octanol–water partition coefficient (Wildman–Crippen LogP) is 2.94. The predicted molar refractivity (Wildman–Crippen MR) is 70.8 cm³/mol. The van der Waals surface area contributed by atoms with Crippen LogP contribution in [-0.4, -0.2) is 17.8 Å². The fourth-order valence-electron chi connectivity index (χ4n) is 1.61. The van der Waals surface area contributed by atoms with Crippen LogP contribution in [0.2, 0.25) is 0 Å². The van der Waals surface area contributed by atoms with Crippen LogP contribution in [0.4, 0.5) is 0 Å². The molecule has 2 unspecified atom stereocenters. The van der Waals surface area contributed by atoms with Gasteiger partial charge in [-0.15, -0.1) is 11.3 Å². The van der Waals surface area contributed by atoms with E-state index in [4.69, 9.17) is 0 Å². The molecule has 0 aromatic carbocycles. The van der Waals surface area contributed by atoms with Crippen LogP contribution in [-0.2, 0) is 6.54 Å². The summed E-state index contributed by atoms with van der Waals surface area (Å²) in [5.41, 5.74) is 1.33. The maximum atomic E-state index is 9.75. The summed E-state index contributed by atoms with van der Waals surface area (Å²) >= 11 is 1.79. The number of hydrogen-bond acceptors (Lipinski definition) is 3. The van der Waals surface area contributed by atoms with Gasteiger partial charge in [0.05, 0.1) is 6.10 Å². The molecule has 0 amide bonds. The Kier molecular flexibility index (Phi) is 4.96. The molecular weight excluding hydrogens is 218 g/mol. The van der Waals surface area contributed by atoms with Crippen LogP contribution in [0.3, 0.4) is 0 Å². The fraction of sp³-hybridized carbons (Fsp3) is 0.692. The Bertz CT molecular complexity index is 321. The molecule has 2 atom stereocenters. The highest BCUT2D eigenvalue weighted by Gasteiger charge is 2.27. The lowest BCUT2D eigenvalue weighted by Gasteiger charge is -2.31. The zero-order chi connectivity index (χ0) is 12.2. The Hall–Kier alpha value is -0.380. The van der Waals surface area contributed by atoms with Gasteiger partial charge in [0.15, 0.2) is 0 Å². The lowest BCUT2D eigenvalue weighted by molar-refractivity contribution is 0.0489. The highest BCUT2D eigenvalue weighted by atomic mass is 32.1. The maximum Gasteiger partial charge on any atom is 0.0577 e. The number of hydrogen-bond donors (Lipinski definition) is 2. The molecule has 1 heterocycles. The molecule has 0 radical (unpaired) electrons. The van der Waals surface area contributed by atoms with E-state index >= 15 is 0 Å². The molecule has 0 bridgehead atoms. The van der Waals surface area contributed by atoms with Crippen LogP contribution in [0.5, 0.6) is 0 Å². The summed E-state index contributed by atoms with van der Waals surface area (Å²) in [5.74, 6) is 0. The molecule has 92 valence electrons. The standard InChI is InChI=1S/C13H23NOS/c1-5-13(4,11(3)15)9-14-8-12-10(2)6-7-16-12/h6-7,11,14-15H,5,8-9H2,1-4H3. The van der Waals surface area contributed by atoms with Crippen LogP contribution < -0.4 is 5.32 Å². The molecule has 1 rings (SSSR count). The molecule has 0 aliphatic rings. The molecular formula is C13H23NOS. The summed E-state index contributed by atoms with van der Waals surface area (Å²) in [7, 11) is 0. The molecule has 0 aliphatic heterocycles. The van der Waals surface area contributed by atoms with Gasteiger partial charge in [-0.25, -0.2) is 0 Å². The number of aryl methyl sites for hydroxylation is 1. The van der Waals surface area contributed by atoms with E-state index in [2.05, 4.69) is 37.5 Å². The molecule has 1 aromatic heterocycles. The van der Waals surface area contributed by atoms with Gasteiger partial charge in [0.2, 0.25) is 0 Å². The fourth-order valence-corrected chi connectivity index (χ4v) is 2.49. The average Bonchev–Trinajstić information content (AvgIpc) is 2.64. The second-order valence-electron chi connectivity index (χ2n) is 4.81. The second-order valence-corrected chi connectivity index (χ2v) is 5.81. The summed E-state index contributed by atoms with van der Waals surface area (Å²) in [6.45, 7) is 10.0. The second kappa shape index (κ2) is 5.80. The summed E-state index contributed by atoms with van der Waals surface area (Å²) in [4.78, 5) is 1.39. The van der Waals surface area contributed by atoms with Crippen molar-refractivity contribution in [1.29, 1.82) is 0 Å². The van der Waals surface area contributed by atoms with Crippen molar-refractivity contribution in [2.75, 3.05) is 6.54 Å². The van der Waals surface area contributed by atoms with Gasteiger partial charge < -0.3 is 10.4 Å². The molecule has 0 saturated carbocycles. The van der Waals surface area contributed by atoms with Gasteiger partial charge >= 0.3 is 0 Å². The lowest BCUT2D eigenvalue weighted by Crippen LogP contribution is -2.39. The highest BCUT2D eigenvalue weighted by Crippen LogP contribution is 2.25. The van der Waals surface area contributed by atoms with Gasteiger partial charge in [-0.3, -0.25) is 0 Å². The quantitative estimate of drug-likeness (QED) is 0.802. The van der Waals surface area contributed by atoms with Crippen molar-refractivity contribution in [2.24, 2.45) is 5.41 Å². The van der Waals surface area contributed by atoms with E-state index in [-0.39, 0.29) is 11.5 Å². The van der Waals surface area contributed by atoms with E-state index in [9.17, 15) is 5.11 Å². The van der Waals surface area contributed by atoms with Crippen molar-refractivity contribution in [3.05, 3.63) is 21.9 Å². The maximum absolute atomic E-state index is 9.75. The Morgan fingerprint density at radius 1 is 1.56 bits per heavy atom. The molecule has 0 saturated heterocycles. The van der Waals surface area contributed by atoms with Gasteiger partial charge in [0.1, 0.15) is 0 Å². The van der Waals surface area contributed by atoms with Crippen molar-refractivity contribution in [2.45, 2.75) is 46.8 Å². The van der Waals surface area contributed by atoms with Gasteiger partial charge in [0.25, 0.3) is 0 Å². The van der Waals surface area contributed by atoms with Gasteiger partial charge in [-0.1, -0.05) is 13.8 Å². The summed E-state index contributed by atoms with van der Waals surface area (Å²) in [6.07, 6.45) is 0.718. The van der Waals surface area contributed by atoms with Crippen molar-refractivity contribution in [1.82, 2.24) is 5.32 Å². The summed E-state index contributed by atoms with van der Waals surface area (Å²) in [5, 5.41) is 15.3. The van der Waals surface area contributed by atoms with E-state index in [0.717, 1.165) is 19.5 Å². The highest BCUT2D eigenvalue weighted by molar-refractivity contribution is 7.10. The number of aliphatic hydroxyl groups excluding tert-OH is 1. The zero-order valence-corrected chi connectivity index (χ0v) is 11.5. The van der Waals surface area contributed by atoms with E-state index < -0.39 is 0 Å². The third-order valence-electron chi connectivity index (χ3n) is 3.60. The molecule has 0 spiro atoms. The number of rotatable bonds is 6. The van der Waals surface area contributed by atoms with Gasteiger partial charge in [-0.05, 0) is 37.3 Å². The van der Waals surface area contributed by atoms with Gasteiger partial charge in [-0.2, -0.15) is 0 Å². The Morgan fingerprint density at radius 3 is 2.69 bits per heavy atom. The minimum absolute atomic E-state index is 0.0227. The third kappa shape index (κ3) is 3.30. The first-order chi connectivity index (χ1) is 7.49. The molecule has 3 heteroatoms. The normalized spacial score (nSPS) is 17.1. The van der Waals surface area contributed by atoms with Crippen LogP contribution in [0, 0.1) is 12.3 Å². The smallest absolute Gasteiger partial charge is 0.0577 e. The van der Waals surface area contributed by atoms with Crippen molar-refractivity contribution >= 4 is 11.3 Å². The van der Waals surface area contributed by atoms with Crippen molar-refractivity contribution in [3.8, 4) is 0 Å². The molecule has 16 heavy (non-hydrogen) atoms. The molecule has 0 fully saturated rings. The topological polar surface area (TPSA) is 32.3 Å². The van der Waals surface area contributed by atoms with E-state index in [1.807, 2.05) is 6.92 Å². The Morgan fingerprint density at radius 2 is 2.25 bits per heavy atom. The van der Waals surface area contributed by atoms with Crippen LogP contribution in [0.1, 0.15) is 37.6 Å². The molecule has 1 aromatic rings. The van der Waals surface area contributed by atoms with Crippen LogP contribution >= 0.6 is 11.3 Å². The van der Waals surface area contributed by atoms with Crippen LogP contribution in [0.25, 0.3) is 0 Å². The number of aliphatic hydroxyl groups is 1. The molecule has 2 N–H and O–H groups in total. The average molecular weight is 241 g/mol. The Balaban J connectivity index is 2.43. The monoisotopic (exact) mass is 241 g/mol. The first-order valence-electron chi connectivity index (χ1n) is 5.91. The minimum Gasteiger partial charge on any atom is -0.393 e. The largest absolute Gasteiger partial charge is 0.393 e. The van der Waals surface area contributed by atoms with E-state index in [0.29, 0.717) is 0 Å². The lowest BCUT2D eigenvalue weighted by atomic mass is 9.82. The van der Waals surface area contributed by atoms with Crippen molar-refractivity contribution in [3.63, 3.8) is 0 Å². The minimum atomic E-state index is -0.269. The SMILES string of the molecule is CCC(C)(CNCc1sccc1C)C(C)O. The Labute approximate surface area is 103 Å². The first kappa shape index (κ1) is 13.7. The van der Waals surface area contributed by atoms with Crippen molar-refractivity contribution < 1.29 is 5.11 Å². The summed E-state index contributed by atoms with van der Waals surface area (Å²) in [6, 6.07) is 2.15. The third-order valence-corrected chi connectivity index (χ3v) is 4.62. The van der Waals surface area contributed by atoms with E-state index in [1.54, 1.807) is 11.3 Å². The summed E-state index contributed by atoms with van der Waals surface area (Å²) < 4.78 is 0. The molecule has 0 aliphatic carbocycles.